The second kappa shape index (κ2) is 9.02. The highest BCUT2D eigenvalue weighted by molar-refractivity contribution is 7.92. The van der Waals surface area contributed by atoms with Gasteiger partial charge in [0.05, 0.1) is 4.90 Å². The number of anilines is 1. The molecule has 4 rings (SSSR count). The van der Waals surface area contributed by atoms with Crippen LogP contribution < -0.4 is 9.46 Å². The summed E-state index contributed by atoms with van der Waals surface area (Å²) in [5, 5.41) is 0. The molecule has 0 saturated carbocycles. The van der Waals surface area contributed by atoms with E-state index in [0.717, 1.165) is 28.1 Å². The molecule has 0 amide bonds. The number of nitrogens with zero attached hydrogens (tertiary/aromatic N) is 1. The number of hydrogen-bond acceptors (Lipinski definition) is 4. The molecule has 0 bridgehead atoms. The first-order chi connectivity index (χ1) is 15.0. The number of pyridine rings is 1. The van der Waals surface area contributed by atoms with Crippen molar-refractivity contribution in [3.05, 3.63) is 108 Å². The Balaban J connectivity index is 1.44. The molecule has 0 spiro atoms. The van der Waals surface area contributed by atoms with Crippen molar-refractivity contribution in [3.8, 4) is 16.9 Å². The lowest BCUT2D eigenvalue weighted by atomic mass is 10.1. The monoisotopic (exact) mass is 430 g/mol. The Bertz CT molecular complexity index is 1250. The molecule has 6 heteroatoms. The number of hydrogen-bond donors (Lipinski definition) is 1. The van der Waals surface area contributed by atoms with E-state index in [1.165, 1.54) is 0 Å². The highest BCUT2D eigenvalue weighted by Gasteiger charge is 2.15. The molecule has 0 unspecified atom stereocenters. The first kappa shape index (κ1) is 20.6. The van der Waals surface area contributed by atoms with Gasteiger partial charge in [0.1, 0.15) is 18.2 Å². The van der Waals surface area contributed by atoms with Crippen LogP contribution in [0.2, 0.25) is 0 Å². The summed E-state index contributed by atoms with van der Waals surface area (Å²) in [6, 6.07) is 29.7. The fraction of sp³-hybridized carbons (Fsp3) is 0.0800. The van der Waals surface area contributed by atoms with Gasteiger partial charge in [-0.25, -0.2) is 13.4 Å². The molecule has 0 aliphatic rings. The van der Waals surface area contributed by atoms with Crippen molar-refractivity contribution in [1.29, 1.82) is 0 Å². The number of nitrogens with one attached hydrogen (secondary N) is 1. The van der Waals surface area contributed by atoms with Gasteiger partial charge in [-0.15, -0.1) is 0 Å². The van der Waals surface area contributed by atoms with Gasteiger partial charge in [0, 0.05) is 5.69 Å². The zero-order valence-electron chi connectivity index (χ0n) is 17.0. The third-order valence-corrected chi connectivity index (χ3v) is 6.10. The highest BCUT2D eigenvalue weighted by Crippen LogP contribution is 2.25. The summed E-state index contributed by atoms with van der Waals surface area (Å²) in [6.07, 6.45) is 0. The maximum absolute atomic E-state index is 12.6. The van der Waals surface area contributed by atoms with Crippen molar-refractivity contribution < 1.29 is 13.2 Å². The van der Waals surface area contributed by atoms with E-state index in [2.05, 4.69) is 9.71 Å². The van der Waals surface area contributed by atoms with Crippen LogP contribution in [0.25, 0.3) is 11.1 Å². The minimum absolute atomic E-state index is 0.183. The van der Waals surface area contributed by atoms with Crippen molar-refractivity contribution in [2.75, 3.05) is 4.72 Å². The molecule has 0 saturated heterocycles. The van der Waals surface area contributed by atoms with Crippen LogP contribution in [-0.4, -0.2) is 13.4 Å². The average molecular weight is 431 g/mol. The predicted octanol–water partition coefficient (Wildman–Crippen LogP) is 5.44. The Kier molecular flexibility index (Phi) is 6.00. The third-order valence-electron chi connectivity index (χ3n) is 4.73. The van der Waals surface area contributed by atoms with Crippen LogP contribution in [0.3, 0.4) is 0 Å². The topological polar surface area (TPSA) is 68.3 Å². The number of aromatic nitrogens is 1. The zero-order valence-corrected chi connectivity index (χ0v) is 17.8. The van der Waals surface area contributed by atoms with E-state index in [0.29, 0.717) is 12.4 Å². The largest absolute Gasteiger partial charge is 0.489 e. The Morgan fingerprint density at radius 3 is 2.06 bits per heavy atom. The van der Waals surface area contributed by atoms with Crippen molar-refractivity contribution in [3.63, 3.8) is 0 Å². The molecular formula is C25H22N2O3S. The number of rotatable bonds is 7. The summed E-state index contributed by atoms with van der Waals surface area (Å²) < 4.78 is 33.6. The molecule has 0 aliphatic heterocycles. The van der Waals surface area contributed by atoms with E-state index in [1.54, 1.807) is 36.4 Å². The molecule has 0 aliphatic carbocycles. The number of aryl methyl sites for hydroxylation is 1. The molecule has 4 aromatic rings. The molecule has 0 atom stereocenters. The van der Waals surface area contributed by atoms with Gasteiger partial charge in [0.15, 0.2) is 0 Å². The van der Waals surface area contributed by atoms with Crippen LogP contribution in [0.1, 0.15) is 11.3 Å². The maximum atomic E-state index is 12.6. The summed E-state index contributed by atoms with van der Waals surface area (Å²) >= 11 is 0. The van der Waals surface area contributed by atoms with E-state index in [4.69, 9.17) is 4.74 Å². The van der Waals surface area contributed by atoms with E-state index in [9.17, 15) is 8.42 Å². The lowest BCUT2D eigenvalue weighted by Gasteiger charge is -2.10. The van der Waals surface area contributed by atoms with Gasteiger partial charge in [-0.2, -0.15) is 0 Å². The van der Waals surface area contributed by atoms with Gasteiger partial charge in [0.25, 0.3) is 10.0 Å². The van der Waals surface area contributed by atoms with Gasteiger partial charge in [-0.3, -0.25) is 4.72 Å². The van der Waals surface area contributed by atoms with Gasteiger partial charge < -0.3 is 4.74 Å². The minimum Gasteiger partial charge on any atom is -0.489 e. The summed E-state index contributed by atoms with van der Waals surface area (Å²) in [4.78, 5) is 4.37. The molecule has 0 radical (unpaired) electrons. The molecule has 5 nitrogen and oxygen atoms in total. The van der Waals surface area contributed by atoms with Crippen LogP contribution in [0.15, 0.2) is 102 Å². The van der Waals surface area contributed by atoms with Crippen LogP contribution in [0.5, 0.6) is 5.75 Å². The standard InChI is InChI=1S/C25H22N2O3S/c1-19-6-5-9-25(26-19)27-31(28,29)24-16-12-22(13-17-24)21-10-14-23(15-11-21)30-18-20-7-3-2-4-8-20/h2-17H,18H2,1H3,(H,26,27). The van der Waals surface area contributed by atoms with Crippen LogP contribution in [-0.2, 0) is 16.6 Å². The Morgan fingerprint density at radius 1 is 0.774 bits per heavy atom. The fourth-order valence-corrected chi connectivity index (χ4v) is 4.11. The fourth-order valence-electron chi connectivity index (χ4n) is 3.11. The van der Waals surface area contributed by atoms with Gasteiger partial charge in [-0.05, 0) is 60.0 Å². The highest BCUT2D eigenvalue weighted by atomic mass is 32.2. The number of sulfonamides is 1. The lowest BCUT2D eigenvalue weighted by Crippen LogP contribution is -2.14. The van der Waals surface area contributed by atoms with E-state index < -0.39 is 10.0 Å². The zero-order chi connectivity index (χ0) is 21.7. The predicted molar refractivity (Wildman–Crippen MR) is 122 cm³/mol. The van der Waals surface area contributed by atoms with Gasteiger partial charge in [0.2, 0.25) is 0 Å². The number of ether oxygens (including phenoxy) is 1. The van der Waals surface area contributed by atoms with Crippen molar-refractivity contribution in [2.24, 2.45) is 0 Å². The SMILES string of the molecule is Cc1cccc(NS(=O)(=O)c2ccc(-c3ccc(OCc4ccccc4)cc3)cc2)n1. The van der Waals surface area contributed by atoms with Crippen LogP contribution in [0.4, 0.5) is 5.82 Å². The average Bonchev–Trinajstić information content (AvgIpc) is 2.79. The maximum Gasteiger partial charge on any atom is 0.263 e. The summed E-state index contributed by atoms with van der Waals surface area (Å²) in [5.74, 6) is 1.08. The normalized spacial score (nSPS) is 11.1. The molecule has 3 aromatic carbocycles. The molecule has 1 heterocycles. The molecule has 1 N–H and O–H groups in total. The van der Waals surface area contributed by atoms with E-state index >= 15 is 0 Å². The Morgan fingerprint density at radius 2 is 1.42 bits per heavy atom. The van der Waals surface area contributed by atoms with Gasteiger partial charge in [-0.1, -0.05) is 60.7 Å². The minimum atomic E-state index is -3.70. The molecule has 1 aromatic heterocycles. The second-order valence-corrected chi connectivity index (χ2v) is 8.78. The summed E-state index contributed by atoms with van der Waals surface area (Å²) in [5.41, 5.74) is 3.75. The first-order valence-corrected chi connectivity index (χ1v) is 11.3. The third kappa shape index (κ3) is 5.29. The van der Waals surface area contributed by atoms with E-state index in [1.807, 2.05) is 67.6 Å². The summed E-state index contributed by atoms with van der Waals surface area (Å²) in [7, 11) is -3.70. The summed E-state index contributed by atoms with van der Waals surface area (Å²) in [6.45, 7) is 2.32. The smallest absolute Gasteiger partial charge is 0.263 e. The molecular weight excluding hydrogens is 408 g/mol. The van der Waals surface area contributed by atoms with Crippen molar-refractivity contribution in [2.45, 2.75) is 18.4 Å². The second-order valence-electron chi connectivity index (χ2n) is 7.09. The molecule has 156 valence electrons. The van der Waals surface area contributed by atoms with Gasteiger partial charge >= 0.3 is 0 Å². The van der Waals surface area contributed by atoms with Crippen molar-refractivity contribution >= 4 is 15.8 Å². The number of benzene rings is 3. The quantitative estimate of drug-likeness (QED) is 0.424. The van der Waals surface area contributed by atoms with Crippen LogP contribution in [0, 0.1) is 6.92 Å². The Hall–Kier alpha value is -3.64. The molecule has 0 fully saturated rings. The lowest BCUT2D eigenvalue weighted by molar-refractivity contribution is 0.306. The van der Waals surface area contributed by atoms with Crippen LogP contribution >= 0.6 is 0 Å². The van der Waals surface area contributed by atoms with Crippen molar-refractivity contribution in [1.82, 2.24) is 4.98 Å². The van der Waals surface area contributed by atoms with E-state index in [-0.39, 0.29) is 4.90 Å². The first-order valence-electron chi connectivity index (χ1n) is 9.83. The molecule has 31 heavy (non-hydrogen) atoms. The Labute approximate surface area is 182 Å².